The van der Waals surface area contributed by atoms with E-state index >= 15 is 0 Å². The maximum atomic E-state index is 14.5. The van der Waals surface area contributed by atoms with Gasteiger partial charge in [-0.2, -0.15) is 43.9 Å². The summed E-state index contributed by atoms with van der Waals surface area (Å²) in [7, 11) is 1.15. The molecule has 0 aliphatic rings. The van der Waals surface area contributed by atoms with Crippen LogP contribution in [0.2, 0.25) is 0 Å². The van der Waals surface area contributed by atoms with E-state index in [4.69, 9.17) is 4.74 Å². The number of rotatable bonds is 10. The molecule has 2 aromatic carbocycles. The van der Waals surface area contributed by atoms with E-state index in [2.05, 4.69) is 31.9 Å². The standard InChI is InChI=1S/C20H10Br2F13NO4/c1-38-13-11(6-9(21)7-12(13)22)14(37)36-10-4-2-3-8(5-10)15(23,24)17(27,28)39-18(29,30)16(25,26)19(31,32)40-20(33,34)35/h2-7H,1H3,(H,36,37). The minimum absolute atomic E-state index is 0.0618. The molecule has 0 radical (unpaired) electrons. The van der Waals surface area contributed by atoms with Gasteiger partial charge in [0, 0.05) is 15.7 Å². The molecule has 224 valence electrons. The van der Waals surface area contributed by atoms with Gasteiger partial charge >= 0.3 is 36.5 Å². The lowest BCUT2D eigenvalue weighted by Gasteiger charge is -2.35. The van der Waals surface area contributed by atoms with Crippen LogP contribution in [-0.2, 0) is 15.4 Å². The number of ether oxygens (including phenoxy) is 3. The molecule has 0 aliphatic heterocycles. The maximum Gasteiger partial charge on any atom is 0.527 e. The normalized spacial score (nSPS) is 13.8. The van der Waals surface area contributed by atoms with Gasteiger partial charge in [-0.05, 0) is 40.2 Å². The van der Waals surface area contributed by atoms with Crippen LogP contribution in [0.3, 0.4) is 0 Å². The first-order valence-corrected chi connectivity index (χ1v) is 11.3. The molecular weight excluding hydrogens is 725 g/mol. The molecule has 0 spiro atoms. The van der Waals surface area contributed by atoms with Crippen molar-refractivity contribution in [2.45, 2.75) is 36.5 Å². The average Bonchev–Trinajstić information content (AvgIpc) is 2.76. The Hall–Kier alpha value is -2.32. The van der Waals surface area contributed by atoms with Gasteiger partial charge in [0.2, 0.25) is 0 Å². The van der Waals surface area contributed by atoms with E-state index in [1.54, 1.807) is 4.74 Å². The predicted octanol–water partition coefficient (Wildman–Crippen LogP) is 8.53. The SMILES string of the molecule is COc1c(Br)cc(Br)cc1C(=O)Nc1cccc(C(F)(F)C(F)(F)OC(F)(F)C(F)(F)C(F)(F)OC(F)(F)F)c1. The van der Waals surface area contributed by atoms with Crippen LogP contribution in [-0.4, -0.2) is 43.6 Å². The van der Waals surface area contributed by atoms with Crippen LogP contribution in [0.15, 0.2) is 45.3 Å². The number of carbonyl (C=O) groups is 1. The summed E-state index contributed by atoms with van der Waals surface area (Å²) in [5, 5.41) is 2.00. The zero-order chi connectivity index (χ0) is 31.1. The van der Waals surface area contributed by atoms with Crippen molar-refractivity contribution in [3.8, 4) is 5.75 Å². The Kier molecular flexibility index (Phi) is 9.46. The van der Waals surface area contributed by atoms with Gasteiger partial charge in [0.25, 0.3) is 5.91 Å². The second-order valence-electron chi connectivity index (χ2n) is 7.35. The summed E-state index contributed by atoms with van der Waals surface area (Å²) in [5.41, 5.74) is -2.91. The summed E-state index contributed by atoms with van der Waals surface area (Å²) in [4.78, 5) is 12.6. The Bertz CT molecular complexity index is 1260. The van der Waals surface area contributed by atoms with E-state index in [-0.39, 0.29) is 27.9 Å². The minimum Gasteiger partial charge on any atom is -0.495 e. The van der Waals surface area contributed by atoms with Crippen LogP contribution in [0.25, 0.3) is 0 Å². The van der Waals surface area contributed by atoms with Crippen LogP contribution in [0, 0.1) is 0 Å². The number of amides is 1. The highest BCUT2D eigenvalue weighted by Crippen LogP contribution is 2.54. The summed E-state index contributed by atoms with van der Waals surface area (Å²) in [5.74, 6) is -14.7. The number of alkyl halides is 13. The van der Waals surface area contributed by atoms with E-state index in [1.807, 2.05) is 10.1 Å². The van der Waals surface area contributed by atoms with Gasteiger partial charge in [0.1, 0.15) is 5.75 Å². The van der Waals surface area contributed by atoms with E-state index in [0.717, 1.165) is 13.2 Å². The number of benzene rings is 2. The maximum absolute atomic E-state index is 14.5. The smallest absolute Gasteiger partial charge is 0.495 e. The Morgan fingerprint density at radius 1 is 0.775 bits per heavy atom. The van der Waals surface area contributed by atoms with Gasteiger partial charge in [-0.1, -0.05) is 28.1 Å². The number of carbonyl (C=O) groups excluding carboxylic acids is 1. The van der Waals surface area contributed by atoms with Crippen LogP contribution in [0.4, 0.5) is 62.8 Å². The van der Waals surface area contributed by atoms with Gasteiger partial charge in [0.05, 0.1) is 17.1 Å². The van der Waals surface area contributed by atoms with E-state index in [9.17, 15) is 61.9 Å². The van der Waals surface area contributed by atoms with Crippen molar-refractivity contribution in [1.29, 1.82) is 0 Å². The number of halogens is 15. The first-order chi connectivity index (χ1) is 17.9. The van der Waals surface area contributed by atoms with Gasteiger partial charge < -0.3 is 10.1 Å². The molecule has 0 saturated carbocycles. The van der Waals surface area contributed by atoms with Crippen molar-refractivity contribution in [1.82, 2.24) is 0 Å². The number of hydrogen-bond donors (Lipinski definition) is 1. The second-order valence-corrected chi connectivity index (χ2v) is 9.12. The van der Waals surface area contributed by atoms with Gasteiger partial charge in [0.15, 0.2) is 0 Å². The van der Waals surface area contributed by atoms with Gasteiger partial charge in [-0.25, -0.2) is 9.47 Å². The van der Waals surface area contributed by atoms with Crippen LogP contribution in [0.5, 0.6) is 5.75 Å². The van der Waals surface area contributed by atoms with E-state index < -0.39 is 53.7 Å². The highest BCUT2D eigenvalue weighted by Gasteiger charge is 2.80. The molecule has 0 fully saturated rings. The Balaban J connectivity index is 2.39. The summed E-state index contributed by atoms with van der Waals surface area (Å²) in [6.45, 7) is 0. The fourth-order valence-electron chi connectivity index (χ4n) is 2.76. The minimum atomic E-state index is -7.54. The summed E-state index contributed by atoms with van der Waals surface area (Å²) in [6.07, 6.45) is -28.0. The average molecular weight is 735 g/mol. The Morgan fingerprint density at radius 3 is 1.85 bits per heavy atom. The van der Waals surface area contributed by atoms with E-state index in [1.165, 1.54) is 12.1 Å². The van der Waals surface area contributed by atoms with Crippen molar-refractivity contribution in [2.75, 3.05) is 12.4 Å². The largest absolute Gasteiger partial charge is 0.527 e. The predicted molar refractivity (Wildman–Crippen MR) is 115 cm³/mol. The van der Waals surface area contributed by atoms with Crippen molar-refractivity contribution >= 4 is 43.5 Å². The summed E-state index contributed by atoms with van der Waals surface area (Å²) < 4.78 is 182. The zero-order valence-electron chi connectivity index (χ0n) is 18.8. The monoisotopic (exact) mass is 733 g/mol. The lowest BCUT2D eigenvalue weighted by molar-refractivity contribution is -0.535. The Morgan fingerprint density at radius 2 is 1.32 bits per heavy atom. The lowest BCUT2D eigenvalue weighted by atomic mass is 10.1. The third kappa shape index (κ3) is 6.93. The number of hydrogen-bond acceptors (Lipinski definition) is 4. The van der Waals surface area contributed by atoms with Crippen LogP contribution < -0.4 is 10.1 Å². The third-order valence-corrected chi connectivity index (χ3v) is 5.58. The van der Waals surface area contributed by atoms with E-state index in [0.29, 0.717) is 10.5 Å². The zero-order valence-corrected chi connectivity index (χ0v) is 21.9. The Labute approximate surface area is 230 Å². The van der Waals surface area contributed by atoms with Crippen molar-refractivity contribution in [2.24, 2.45) is 0 Å². The van der Waals surface area contributed by atoms with Crippen molar-refractivity contribution in [3.63, 3.8) is 0 Å². The molecule has 1 amide bonds. The molecule has 20 heteroatoms. The van der Waals surface area contributed by atoms with Crippen LogP contribution >= 0.6 is 31.9 Å². The van der Waals surface area contributed by atoms with Gasteiger partial charge in [-0.15, -0.1) is 13.2 Å². The number of nitrogens with one attached hydrogen (secondary N) is 1. The van der Waals surface area contributed by atoms with Crippen molar-refractivity contribution < 1.29 is 76.1 Å². The van der Waals surface area contributed by atoms with Crippen LogP contribution in [0.1, 0.15) is 15.9 Å². The first kappa shape index (κ1) is 33.9. The molecule has 2 rings (SSSR count). The molecule has 40 heavy (non-hydrogen) atoms. The molecule has 2 aromatic rings. The second kappa shape index (κ2) is 11.2. The molecular formula is C20H10Br2F13NO4. The topological polar surface area (TPSA) is 56.8 Å². The molecule has 0 unspecified atom stereocenters. The molecule has 0 bridgehead atoms. The molecule has 5 nitrogen and oxygen atoms in total. The molecule has 0 aromatic heterocycles. The fourth-order valence-corrected chi connectivity index (χ4v) is 4.15. The molecule has 0 aliphatic carbocycles. The highest BCUT2D eigenvalue weighted by atomic mass is 79.9. The fraction of sp³-hybridized carbons (Fsp3) is 0.350. The van der Waals surface area contributed by atoms with Gasteiger partial charge in [-0.3, -0.25) is 4.79 Å². The third-order valence-electron chi connectivity index (χ3n) is 4.54. The molecule has 0 atom stereocenters. The molecule has 0 saturated heterocycles. The van der Waals surface area contributed by atoms with Crippen molar-refractivity contribution in [3.05, 3.63) is 56.5 Å². The quantitative estimate of drug-likeness (QED) is 0.249. The molecule has 1 N–H and O–H groups in total. The summed E-state index contributed by atoms with van der Waals surface area (Å²) >= 11 is 6.15. The number of anilines is 1. The highest BCUT2D eigenvalue weighted by molar-refractivity contribution is 9.11. The lowest BCUT2D eigenvalue weighted by Crippen LogP contribution is -2.61. The summed E-state index contributed by atoms with van der Waals surface area (Å²) in [6, 6.07) is 4.24. The first-order valence-electron chi connectivity index (χ1n) is 9.69. The number of methoxy groups -OCH3 is 1. The molecule has 0 heterocycles.